The van der Waals surface area contributed by atoms with Gasteiger partial charge < -0.3 is 4.42 Å². The molecule has 8 aromatic carbocycles. The highest BCUT2D eigenvalue weighted by atomic mass is 16.3. The van der Waals surface area contributed by atoms with Crippen molar-refractivity contribution in [3.05, 3.63) is 109 Å². The Morgan fingerprint density at radius 1 is 0.314 bits per heavy atom. The van der Waals surface area contributed by atoms with Crippen molar-refractivity contribution in [2.24, 2.45) is 0 Å². The van der Waals surface area contributed by atoms with Crippen molar-refractivity contribution in [1.29, 1.82) is 0 Å². The van der Waals surface area contributed by atoms with Crippen molar-refractivity contribution in [1.82, 2.24) is 0 Å². The molecule has 0 fully saturated rings. The average molecular weight is 625 g/mol. The Kier molecular flexibility index (Phi) is 7.30. The standard InChI is InChI=1S/C42H18B8O/c43-35-31-29(19-7-2-1-3-8-19)32-34(38(46)42(50)40(48)36(32)44)30(33(31)37(45)41(49)39(35)47)24-12-6-11-20(15-24)23-13-14-27-25(17-23)26-16-21-9-4-5-10-22(21)18-28(26)51-27/h1-18H. The molecule has 0 N–H and O–H groups in total. The van der Waals surface area contributed by atoms with Crippen molar-refractivity contribution in [2.45, 2.75) is 0 Å². The van der Waals surface area contributed by atoms with Gasteiger partial charge in [-0.25, -0.2) is 0 Å². The molecule has 1 nitrogen and oxygen atoms in total. The summed E-state index contributed by atoms with van der Waals surface area (Å²) < 4.78 is 6.28. The molecule has 0 unspecified atom stereocenters. The van der Waals surface area contributed by atoms with Crippen LogP contribution in [0.5, 0.6) is 0 Å². The van der Waals surface area contributed by atoms with E-state index >= 15 is 0 Å². The third kappa shape index (κ3) is 4.67. The van der Waals surface area contributed by atoms with Crippen LogP contribution < -0.4 is 43.7 Å². The van der Waals surface area contributed by atoms with Gasteiger partial charge in [0.2, 0.25) is 0 Å². The van der Waals surface area contributed by atoms with Crippen molar-refractivity contribution in [3.63, 3.8) is 0 Å². The van der Waals surface area contributed by atoms with Crippen molar-refractivity contribution >= 4 is 161 Å². The zero-order chi connectivity index (χ0) is 35.3. The molecule has 9 heteroatoms. The van der Waals surface area contributed by atoms with Gasteiger partial charge in [-0.3, -0.25) is 0 Å². The first-order valence-electron chi connectivity index (χ1n) is 16.4. The summed E-state index contributed by atoms with van der Waals surface area (Å²) in [6, 6.07) is 36.5. The number of fused-ring (bicyclic) bond motifs is 6. The molecular weight excluding hydrogens is 607 g/mol. The van der Waals surface area contributed by atoms with Crippen molar-refractivity contribution in [3.8, 4) is 33.4 Å². The van der Waals surface area contributed by atoms with Crippen LogP contribution in [-0.2, 0) is 0 Å². The smallest absolute Gasteiger partial charge is 0.136 e. The summed E-state index contributed by atoms with van der Waals surface area (Å²) in [6.07, 6.45) is 0. The number of hydrogen-bond acceptors (Lipinski definition) is 1. The van der Waals surface area contributed by atoms with Crippen LogP contribution in [-0.4, -0.2) is 62.8 Å². The molecule has 0 amide bonds. The molecule has 0 saturated heterocycles. The molecule has 9 aromatic rings. The summed E-state index contributed by atoms with van der Waals surface area (Å²) in [6.45, 7) is 0. The quantitative estimate of drug-likeness (QED) is 0.218. The summed E-state index contributed by atoms with van der Waals surface area (Å²) in [5.74, 6) is 0. The summed E-state index contributed by atoms with van der Waals surface area (Å²) in [5, 5.41) is 6.68. The van der Waals surface area contributed by atoms with Gasteiger partial charge in [-0.05, 0) is 96.0 Å². The molecule has 0 saturated carbocycles. The lowest BCUT2D eigenvalue weighted by atomic mass is 9.59. The molecule has 0 bridgehead atoms. The van der Waals surface area contributed by atoms with Crippen molar-refractivity contribution in [2.75, 3.05) is 0 Å². The van der Waals surface area contributed by atoms with E-state index in [9.17, 15) is 0 Å². The summed E-state index contributed by atoms with van der Waals surface area (Å²) in [4.78, 5) is 0. The van der Waals surface area contributed by atoms with E-state index in [-0.39, 0.29) is 43.7 Å². The van der Waals surface area contributed by atoms with Crippen LogP contribution in [0.15, 0.2) is 114 Å². The van der Waals surface area contributed by atoms with Crippen LogP contribution in [0.2, 0.25) is 0 Å². The third-order valence-corrected chi connectivity index (χ3v) is 10.2. The minimum Gasteiger partial charge on any atom is -0.456 e. The fourth-order valence-corrected chi connectivity index (χ4v) is 7.62. The van der Waals surface area contributed by atoms with E-state index in [1.165, 1.54) is 0 Å². The van der Waals surface area contributed by atoms with E-state index in [0.29, 0.717) is 32.7 Å². The maximum absolute atomic E-state index is 6.91. The third-order valence-electron chi connectivity index (χ3n) is 10.2. The second kappa shape index (κ2) is 11.7. The highest BCUT2D eigenvalue weighted by molar-refractivity contribution is 6.71. The summed E-state index contributed by atoms with van der Waals surface area (Å²) in [7, 11) is 53.7. The minimum absolute atomic E-state index is 0.176. The summed E-state index contributed by atoms with van der Waals surface area (Å²) >= 11 is 0. The molecule has 1 heterocycles. The molecule has 0 aliphatic carbocycles. The van der Waals surface area contributed by atoms with E-state index < -0.39 is 0 Å². The first-order chi connectivity index (χ1) is 24.6. The lowest BCUT2D eigenvalue weighted by molar-refractivity contribution is 0.669. The topological polar surface area (TPSA) is 13.1 Å². The lowest BCUT2D eigenvalue weighted by Crippen LogP contribution is -2.50. The van der Waals surface area contributed by atoms with E-state index in [1.807, 2.05) is 66.7 Å². The fourth-order valence-electron chi connectivity index (χ4n) is 7.62. The van der Waals surface area contributed by atoms with Crippen molar-refractivity contribution < 1.29 is 4.42 Å². The Hall–Kier alpha value is -5.14. The van der Waals surface area contributed by atoms with Gasteiger partial charge in [0.25, 0.3) is 0 Å². The van der Waals surface area contributed by atoms with E-state index in [1.54, 1.807) is 0 Å². The predicted octanol–water partition coefficient (Wildman–Crippen LogP) is 2.40. The molecule has 16 radical (unpaired) electrons. The Bertz CT molecular complexity index is 2870. The zero-order valence-corrected chi connectivity index (χ0v) is 27.4. The van der Waals surface area contributed by atoms with Gasteiger partial charge in [-0.2, -0.15) is 0 Å². The normalized spacial score (nSPS) is 11.8. The average Bonchev–Trinajstić information content (AvgIpc) is 3.52. The van der Waals surface area contributed by atoms with Crippen LogP contribution in [0.3, 0.4) is 0 Å². The molecule has 216 valence electrons. The molecule has 9 rings (SSSR count). The van der Waals surface area contributed by atoms with Gasteiger partial charge in [0.05, 0.1) is 0 Å². The molecule has 51 heavy (non-hydrogen) atoms. The Labute approximate surface area is 306 Å². The number of benzene rings is 8. The highest BCUT2D eigenvalue weighted by Gasteiger charge is 2.24. The molecule has 1 aromatic heterocycles. The second-order valence-electron chi connectivity index (χ2n) is 13.0. The van der Waals surface area contributed by atoms with Gasteiger partial charge in [0.15, 0.2) is 0 Å². The van der Waals surface area contributed by atoms with Crippen LogP contribution >= 0.6 is 0 Å². The first kappa shape index (κ1) is 31.8. The van der Waals surface area contributed by atoms with Crippen LogP contribution in [0, 0.1) is 0 Å². The largest absolute Gasteiger partial charge is 0.456 e. The predicted molar refractivity (Wildman–Crippen MR) is 226 cm³/mol. The van der Waals surface area contributed by atoms with Gasteiger partial charge >= 0.3 is 0 Å². The minimum atomic E-state index is 0.176. The zero-order valence-electron chi connectivity index (χ0n) is 27.4. The molecule has 0 atom stereocenters. The molecule has 0 aliphatic heterocycles. The van der Waals surface area contributed by atoms with Gasteiger partial charge in [0.1, 0.15) is 73.9 Å². The van der Waals surface area contributed by atoms with Crippen LogP contribution in [0.1, 0.15) is 0 Å². The lowest BCUT2D eigenvalue weighted by Gasteiger charge is -2.28. The fraction of sp³-hybridized carbons (Fsp3) is 0. The number of furan rings is 1. The molecule has 0 aliphatic rings. The second-order valence-corrected chi connectivity index (χ2v) is 13.0. The van der Waals surface area contributed by atoms with E-state index in [0.717, 1.165) is 55.0 Å². The van der Waals surface area contributed by atoms with Gasteiger partial charge in [-0.1, -0.05) is 101 Å². The van der Waals surface area contributed by atoms with Gasteiger partial charge in [-0.15, -0.1) is 21.9 Å². The van der Waals surface area contributed by atoms with E-state index in [2.05, 4.69) is 42.5 Å². The SMILES string of the molecule is [B]c1c([B])c([B])c2c(-c3cccc(-c4ccc5oc6cc7ccccc7cc6c5c4)c3)c3c([B])c([B])c([B])c([B])c3c(-c3ccccc3)c2c1[B]. The maximum atomic E-state index is 6.91. The molecule has 0 spiro atoms. The number of hydrogen-bond donors (Lipinski definition) is 0. The Balaban J connectivity index is 1.38. The van der Waals surface area contributed by atoms with E-state index in [4.69, 9.17) is 67.2 Å². The number of rotatable bonds is 3. The van der Waals surface area contributed by atoms with Crippen LogP contribution in [0.25, 0.3) is 87.6 Å². The maximum Gasteiger partial charge on any atom is 0.136 e. The first-order valence-corrected chi connectivity index (χ1v) is 16.4. The monoisotopic (exact) mass is 626 g/mol. The Morgan fingerprint density at radius 3 is 1.35 bits per heavy atom. The summed E-state index contributed by atoms with van der Waals surface area (Å²) in [5.41, 5.74) is 8.30. The Morgan fingerprint density at radius 2 is 0.765 bits per heavy atom. The molecular formula is C42H18B8O. The van der Waals surface area contributed by atoms with Gasteiger partial charge in [0, 0.05) is 10.8 Å². The highest BCUT2D eigenvalue weighted by Crippen LogP contribution is 2.42. The van der Waals surface area contributed by atoms with Crippen LogP contribution in [0.4, 0.5) is 0 Å².